The molecule has 78 valence electrons. The highest BCUT2D eigenvalue weighted by Gasteiger charge is 2.04. The van der Waals surface area contributed by atoms with Crippen LogP contribution in [0.1, 0.15) is 20.8 Å². The van der Waals surface area contributed by atoms with Gasteiger partial charge < -0.3 is 10.1 Å². The largest absolute Gasteiger partial charge is 0.489 e. The van der Waals surface area contributed by atoms with Gasteiger partial charge in [-0.1, -0.05) is 11.6 Å². The highest BCUT2D eigenvalue weighted by atomic mass is 35.5. The van der Waals surface area contributed by atoms with Crippen molar-refractivity contribution in [2.45, 2.75) is 26.9 Å². The minimum atomic E-state index is 0.150. The molecule has 0 amide bonds. The lowest BCUT2D eigenvalue weighted by atomic mass is 10.3. The average Bonchev–Trinajstić information content (AvgIpc) is 2.10. The van der Waals surface area contributed by atoms with E-state index in [-0.39, 0.29) is 6.10 Å². The quantitative estimate of drug-likeness (QED) is 0.826. The lowest BCUT2D eigenvalue weighted by Gasteiger charge is -2.12. The highest BCUT2D eigenvalue weighted by Crippen LogP contribution is 2.28. The van der Waals surface area contributed by atoms with E-state index in [1.807, 2.05) is 39.0 Å². The Morgan fingerprint density at radius 3 is 2.64 bits per heavy atom. The van der Waals surface area contributed by atoms with Crippen LogP contribution >= 0.6 is 11.6 Å². The summed E-state index contributed by atoms with van der Waals surface area (Å²) in [4.78, 5) is 0. The number of hydrogen-bond donors (Lipinski definition) is 1. The van der Waals surface area contributed by atoms with Gasteiger partial charge in [0, 0.05) is 12.2 Å². The summed E-state index contributed by atoms with van der Waals surface area (Å²) in [5.41, 5.74) is 1.02. The lowest BCUT2D eigenvalue weighted by molar-refractivity contribution is 0.242. The molecule has 14 heavy (non-hydrogen) atoms. The van der Waals surface area contributed by atoms with Gasteiger partial charge in [-0.15, -0.1) is 0 Å². The van der Waals surface area contributed by atoms with Crippen LogP contribution in [0.25, 0.3) is 0 Å². The van der Waals surface area contributed by atoms with Crippen LogP contribution < -0.4 is 10.1 Å². The molecule has 0 radical (unpaired) electrons. The van der Waals surface area contributed by atoms with Crippen molar-refractivity contribution in [3.63, 3.8) is 0 Å². The molecule has 0 unspecified atom stereocenters. The zero-order valence-electron chi connectivity index (χ0n) is 8.80. The molecule has 1 aromatic carbocycles. The molecule has 0 aliphatic rings. The molecule has 0 saturated heterocycles. The maximum absolute atomic E-state index is 6.04. The first-order valence-electron chi connectivity index (χ1n) is 4.83. The Morgan fingerprint density at radius 2 is 2.14 bits per heavy atom. The smallest absolute Gasteiger partial charge is 0.138 e. The minimum absolute atomic E-state index is 0.150. The Labute approximate surface area is 90.2 Å². The van der Waals surface area contributed by atoms with Crippen LogP contribution in [0.2, 0.25) is 5.02 Å². The zero-order valence-corrected chi connectivity index (χ0v) is 9.56. The number of ether oxygens (including phenoxy) is 1. The summed E-state index contributed by atoms with van der Waals surface area (Å²) in [7, 11) is 0. The standard InChI is InChI=1S/C11H16ClNO/c1-4-13-9-5-6-11(10(12)7-9)14-8(2)3/h5-8,13H,4H2,1-3H3. The average molecular weight is 214 g/mol. The van der Waals surface area contributed by atoms with E-state index in [9.17, 15) is 0 Å². The fraction of sp³-hybridized carbons (Fsp3) is 0.455. The number of benzene rings is 1. The molecule has 0 bridgehead atoms. The molecule has 0 heterocycles. The minimum Gasteiger partial charge on any atom is -0.489 e. The van der Waals surface area contributed by atoms with Gasteiger partial charge >= 0.3 is 0 Å². The van der Waals surface area contributed by atoms with Gasteiger partial charge in [0.2, 0.25) is 0 Å². The van der Waals surface area contributed by atoms with E-state index in [2.05, 4.69) is 5.32 Å². The SMILES string of the molecule is CCNc1ccc(OC(C)C)c(Cl)c1. The van der Waals surface area contributed by atoms with Crippen molar-refractivity contribution in [2.24, 2.45) is 0 Å². The first kappa shape index (κ1) is 11.2. The molecule has 1 N–H and O–H groups in total. The Kier molecular flexibility index (Phi) is 4.08. The number of halogens is 1. The third-order valence-electron chi connectivity index (χ3n) is 1.68. The summed E-state index contributed by atoms with van der Waals surface area (Å²) in [5.74, 6) is 0.739. The first-order chi connectivity index (χ1) is 6.63. The predicted octanol–water partition coefficient (Wildman–Crippen LogP) is 3.56. The second-order valence-corrected chi connectivity index (χ2v) is 3.75. The van der Waals surface area contributed by atoms with Crippen molar-refractivity contribution in [2.75, 3.05) is 11.9 Å². The highest BCUT2D eigenvalue weighted by molar-refractivity contribution is 6.32. The van der Waals surface area contributed by atoms with Gasteiger partial charge in [-0.2, -0.15) is 0 Å². The molecule has 0 saturated carbocycles. The van der Waals surface area contributed by atoms with E-state index in [0.717, 1.165) is 18.0 Å². The Morgan fingerprint density at radius 1 is 1.43 bits per heavy atom. The molecular weight excluding hydrogens is 198 g/mol. The van der Waals surface area contributed by atoms with Crippen LogP contribution in [0, 0.1) is 0 Å². The summed E-state index contributed by atoms with van der Waals surface area (Å²) in [6.45, 7) is 6.90. The maximum Gasteiger partial charge on any atom is 0.138 e. The van der Waals surface area contributed by atoms with E-state index in [4.69, 9.17) is 16.3 Å². The Bertz CT molecular complexity index is 299. The Hall–Kier alpha value is -0.890. The first-order valence-corrected chi connectivity index (χ1v) is 5.21. The summed E-state index contributed by atoms with van der Waals surface area (Å²) >= 11 is 6.04. The van der Waals surface area contributed by atoms with E-state index >= 15 is 0 Å². The van der Waals surface area contributed by atoms with E-state index in [0.29, 0.717) is 5.02 Å². The molecule has 2 nitrogen and oxygen atoms in total. The molecule has 1 rings (SSSR count). The molecule has 3 heteroatoms. The van der Waals surface area contributed by atoms with Crippen LogP contribution in [0.4, 0.5) is 5.69 Å². The van der Waals surface area contributed by atoms with Crippen molar-refractivity contribution < 1.29 is 4.74 Å². The molecule has 0 aliphatic heterocycles. The normalized spacial score (nSPS) is 10.4. The van der Waals surface area contributed by atoms with E-state index in [1.165, 1.54) is 0 Å². The van der Waals surface area contributed by atoms with Crippen LogP contribution in [-0.2, 0) is 0 Å². The van der Waals surface area contributed by atoms with Crippen LogP contribution in [0.5, 0.6) is 5.75 Å². The van der Waals surface area contributed by atoms with Gasteiger partial charge in [-0.25, -0.2) is 0 Å². The molecule has 1 aromatic rings. The van der Waals surface area contributed by atoms with Crippen LogP contribution in [0.3, 0.4) is 0 Å². The van der Waals surface area contributed by atoms with Gasteiger partial charge in [0.25, 0.3) is 0 Å². The van der Waals surface area contributed by atoms with Crippen molar-refractivity contribution in [3.8, 4) is 5.75 Å². The summed E-state index contributed by atoms with van der Waals surface area (Å²) in [5, 5.41) is 3.84. The van der Waals surface area contributed by atoms with Gasteiger partial charge in [0.1, 0.15) is 5.75 Å². The van der Waals surface area contributed by atoms with E-state index < -0.39 is 0 Å². The van der Waals surface area contributed by atoms with Crippen molar-refractivity contribution in [1.82, 2.24) is 0 Å². The molecular formula is C11H16ClNO. The van der Waals surface area contributed by atoms with E-state index in [1.54, 1.807) is 0 Å². The van der Waals surface area contributed by atoms with Crippen molar-refractivity contribution in [3.05, 3.63) is 23.2 Å². The van der Waals surface area contributed by atoms with Crippen LogP contribution in [0.15, 0.2) is 18.2 Å². The third kappa shape index (κ3) is 3.11. The number of anilines is 1. The number of hydrogen-bond acceptors (Lipinski definition) is 2. The summed E-state index contributed by atoms with van der Waals surface area (Å²) in [6.07, 6.45) is 0.150. The lowest BCUT2D eigenvalue weighted by Crippen LogP contribution is -2.06. The molecule has 0 aromatic heterocycles. The monoisotopic (exact) mass is 213 g/mol. The zero-order chi connectivity index (χ0) is 10.6. The van der Waals surface area contributed by atoms with Crippen molar-refractivity contribution in [1.29, 1.82) is 0 Å². The second-order valence-electron chi connectivity index (χ2n) is 3.34. The molecule has 0 fully saturated rings. The fourth-order valence-electron chi connectivity index (χ4n) is 1.16. The van der Waals surface area contributed by atoms with Gasteiger partial charge in [0.05, 0.1) is 11.1 Å². The summed E-state index contributed by atoms with van der Waals surface area (Å²) < 4.78 is 5.52. The van der Waals surface area contributed by atoms with Crippen LogP contribution in [-0.4, -0.2) is 12.6 Å². The summed E-state index contributed by atoms with van der Waals surface area (Å²) in [6, 6.07) is 5.73. The van der Waals surface area contributed by atoms with Crippen molar-refractivity contribution >= 4 is 17.3 Å². The molecule has 0 spiro atoms. The second kappa shape index (κ2) is 5.11. The topological polar surface area (TPSA) is 21.3 Å². The maximum atomic E-state index is 6.04. The number of rotatable bonds is 4. The number of nitrogens with one attached hydrogen (secondary N) is 1. The third-order valence-corrected chi connectivity index (χ3v) is 1.97. The molecule has 0 atom stereocenters. The Balaban J connectivity index is 2.79. The van der Waals surface area contributed by atoms with Gasteiger partial charge in [-0.3, -0.25) is 0 Å². The predicted molar refractivity (Wildman–Crippen MR) is 61.4 cm³/mol. The van der Waals surface area contributed by atoms with Gasteiger partial charge in [0.15, 0.2) is 0 Å². The molecule has 0 aliphatic carbocycles. The van der Waals surface area contributed by atoms with Gasteiger partial charge in [-0.05, 0) is 39.0 Å². The fourth-order valence-corrected chi connectivity index (χ4v) is 1.39.